The summed E-state index contributed by atoms with van der Waals surface area (Å²) in [7, 11) is 0. The molecule has 0 atom stereocenters. The van der Waals surface area contributed by atoms with Crippen LogP contribution in [0.4, 0.5) is 0 Å². The highest BCUT2D eigenvalue weighted by atomic mass is 79.9. The smallest absolute Gasteiger partial charge is 0.0669 e. The van der Waals surface area contributed by atoms with Gasteiger partial charge >= 0.3 is 0 Å². The summed E-state index contributed by atoms with van der Waals surface area (Å²) in [4.78, 5) is 0. The lowest BCUT2D eigenvalue weighted by Gasteiger charge is -1.92. The van der Waals surface area contributed by atoms with Crippen molar-refractivity contribution in [3.63, 3.8) is 0 Å². The van der Waals surface area contributed by atoms with Crippen molar-refractivity contribution in [1.29, 1.82) is 5.26 Å². The molecular formula is C8H6BrN. The maximum atomic E-state index is 8.37. The summed E-state index contributed by atoms with van der Waals surface area (Å²) in [5, 5.41) is 8.37. The number of hydrogen-bond donors (Lipinski definition) is 0. The molecule has 0 bridgehead atoms. The van der Waals surface area contributed by atoms with Crippen LogP contribution in [0.1, 0.15) is 6.93 Å². The van der Waals surface area contributed by atoms with Gasteiger partial charge in [0.1, 0.15) is 0 Å². The molecule has 1 rings (SSSR count). The molecule has 0 spiro atoms. The third-order valence-electron chi connectivity index (χ3n) is 1.11. The standard InChI is InChI=1S/C8H6BrN/c9-8-3-1-2-7(6-8)4-5-10/h1-3,6H,4H2/i3D. The molecule has 1 aromatic carbocycles. The highest BCUT2D eigenvalue weighted by Crippen LogP contribution is 2.11. The molecule has 1 nitrogen and oxygen atoms in total. The van der Waals surface area contributed by atoms with Gasteiger partial charge in [-0.2, -0.15) is 5.26 Å². The zero-order valence-electron chi connectivity index (χ0n) is 6.26. The summed E-state index contributed by atoms with van der Waals surface area (Å²) >= 11 is 3.22. The van der Waals surface area contributed by atoms with Crippen LogP contribution in [0.25, 0.3) is 0 Å². The van der Waals surface area contributed by atoms with E-state index in [1.165, 1.54) is 0 Å². The van der Waals surface area contributed by atoms with Gasteiger partial charge in [0.15, 0.2) is 0 Å². The zero-order chi connectivity index (χ0) is 8.27. The molecule has 50 valence electrons. The maximum Gasteiger partial charge on any atom is 0.0669 e. The lowest BCUT2D eigenvalue weighted by molar-refractivity contribution is 1.26. The first-order chi connectivity index (χ1) is 5.24. The number of benzene rings is 1. The quantitative estimate of drug-likeness (QED) is 0.678. The summed E-state index contributed by atoms with van der Waals surface area (Å²) in [6, 6.07) is 7.76. The normalized spacial score (nSPS) is 10.2. The third-order valence-corrected chi connectivity index (χ3v) is 1.57. The van der Waals surface area contributed by atoms with Crippen LogP contribution >= 0.6 is 15.9 Å². The van der Waals surface area contributed by atoms with Crippen molar-refractivity contribution in [3.8, 4) is 6.07 Å². The number of nitriles is 1. The fraction of sp³-hybridized carbons (Fsp3) is 0.125. The average molecular weight is 197 g/mol. The van der Waals surface area contributed by atoms with Crippen LogP contribution in [0, 0.1) is 11.3 Å². The molecule has 0 N–H and O–H groups in total. The molecule has 0 amide bonds. The van der Waals surface area contributed by atoms with Gasteiger partial charge in [-0.25, -0.2) is 0 Å². The monoisotopic (exact) mass is 196 g/mol. The van der Waals surface area contributed by atoms with Gasteiger partial charge in [0.05, 0.1) is 13.9 Å². The van der Waals surface area contributed by atoms with E-state index in [2.05, 4.69) is 15.9 Å². The molecule has 0 fully saturated rings. The zero-order valence-corrected chi connectivity index (χ0v) is 6.85. The molecule has 0 unspecified atom stereocenters. The predicted molar refractivity (Wildman–Crippen MR) is 43.5 cm³/mol. The summed E-state index contributed by atoms with van der Waals surface area (Å²) in [6.07, 6.45) is 0.402. The van der Waals surface area contributed by atoms with Crippen LogP contribution < -0.4 is 0 Å². The summed E-state index contributed by atoms with van der Waals surface area (Å²) < 4.78 is 8.06. The Balaban J connectivity index is 2.98. The second-order valence-corrected chi connectivity index (χ2v) is 2.73. The van der Waals surface area contributed by atoms with Crippen molar-refractivity contribution in [2.24, 2.45) is 0 Å². The minimum absolute atomic E-state index is 0.402. The lowest BCUT2D eigenvalue weighted by Crippen LogP contribution is -1.78. The van der Waals surface area contributed by atoms with Crippen LogP contribution in [0.3, 0.4) is 0 Å². The Labute approximate surface area is 69.8 Å². The molecular weight excluding hydrogens is 190 g/mol. The number of halogens is 1. The van der Waals surface area contributed by atoms with Gasteiger partial charge in [-0.3, -0.25) is 0 Å². The van der Waals surface area contributed by atoms with E-state index in [0.717, 1.165) is 10.0 Å². The first kappa shape index (κ1) is 5.94. The SMILES string of the molecule is [2H]c1ccc(CC#N)cc1Br. The van der Waals surface area contributed by atoms with Gasteiger partial charge in [-0.15, -0.1) is 0 Å². The molecule has 0 saturated heterocycles. The van der Waals surface area contributed by atoms with E-state index in [4.69, 9.17) is 6.63 Å². The number of hydrogen-bond acceptors (Lipinski definition) is 1. The fourth-order valence-electron chi connectivity index (χ4n) is 0.682. The Morgan fingerprint density at radius 3 is 3.20 bits per heavy atom. The molecule has 0 radical (unpaired) electrons. The van der Waals surface area contributed by atoms with Crippen LogP contribution in [-0.4, -0.2) is 0 Å². The van der Waals surface area contributed by atoms with Gasteiger partial charge in [-0.1, -0.05) is 28.1 Å². The van der Waals surface area contributed by atoms with Crippen molar-refractivity contribution < 1.29 is 1.37 Å². The highest BCUT2D eigenvalue weighted by Gasteiger charge is 1.90. The largest absolute Gasteiger partial charge is 0.198 e. The summed E-state index contributed by atoms with van der Waals surface area (Å²) in [5.41, 5.74) is 0.940. The Morgan fingerprint density at radius 2 is 2.60 bits per heavy atom. The molecule has 0 aliphatic carbocycles. The van der Waals surface area contributed by atoms with Crippen LogP contribution in [0.5, 0.6) is 0 Å². The van der Waals surface area contributed by atoms with Crippen molar-refractivity contribution >= 4 is 15.9 Å². The molecule has 0 aliphatic heterocycles. The predicted octanol–water partition coefficient (Wildman–Crippen LogP) is 2.52. The molecule has 0 heterocycles. The Kier molecular flexibility index (Phi) is 2.01. The summed E-state index contributed by atoms with van der Waals surface area (Å²) in [6.45, 7) is 0. The van der Waals surface area contributed by atoms with Gasteiger partial charge in [-0.05, 0) is 17.7 Å². The fourth-order valence-corrected chi connectivity index (χ4v) is 1.11. The molecule has 0 aliphatic rings. The number of rotatable bonds is 1. The molecule has 0 aromatic heterocycles. The topological polar surface area (TPSA) is 23.8 Å². The van der Waals surface area contributed by atoms with Crippen LogP contribution in [-0.2, 0) is 6.42 Å². The first-order valence-corrected chi connectivity index (χ1v) is 3.65. The van der Waals surface area contributed by atoms with E-state index in [0.29, 0.717) is 12.5 Å². The van der Waals surface area contributed by atoms with Crippen molar-refractivity contribution in [2.75, 3.05) is 0 Å². The Hall–Kier alpha value is -0.810. The van der Waals surface area contributed by atoms with Gasteiger partial charge in [0, 0.05) is 4.47 Å². The molecule has 1 aromatic rings. The van der Waals surface area contributed by atoms with Crippen LogP contribution in [0.2, 0.25) is 0 Å². The lowest BCUT2D eigenvalue weighted by atomic mass is 10.2. The van der Waals surface area contributed by atoms with Crippen molar-refractivity contribution in [1.82, 2.24) is 0 Å². The van der Waals surface area contributed by atoms with E-state index in [1.54, 1.807) is 18.2 Å². The van der Waals surface area contributed by atoms with E-state index in [9.17, 15) is 0 Å². The Bertz CT molecular complexity index is 303. The number of nitrogens with zero attached hydrogens (tertiary/aromatic N) is 1. The second kappa shape index (κ2) is 3.38. The van der Waals surface area contributed by atoms with Gasteiger partial charge in [0.2, 0.25) is 0 Å². The van der Waals surface area contributed by atoms with Crippen LogP contribution in [0.15, 0.2) is 28.7 Å². The third kappa shape index (κ3) is 1.85. The van der Waals surface area contributed by atoms with E-state index < -0.39 is 0 Å². The van der Waals surface area contributed by atoms with Gasteiger partial charge in [0.25, 0.3) is 0 Å². The Morgan fingerprint density at radius 1 is 1.80 bits per heavy atom. The summed E-state index contributed by atoms with van der Waals surface area (Å²) in [5.74, 6) is 0. The van der Waals surface area contributed by atoms with E-state index in [1.807, 2.05) is 6.07 Å². The maximum absolute atomic E-state index is 8.37. The average Bonchev–Trinajstić information content (AvgIpc) is 1.98. The van der Waals surface area contributed by atoms with Crippen molar-refractivity contribution in [2.45, 2.75) is 6.42 Å². The van der Waals surface area contributed by atoms with E-state index >= 15 is 0 Å². The van der Waals surface area contributed by atoms with Gasteiger partial charge < -0.3 is 0 Å². The van der Waals surface area contributed by atoms with E-state index in [-0.39, 0.29) is 0 Å². The first-order valence-electron chi connectivity index (χ1n) is 3.36. The second-order valence-electron chi connectivity index (χ2n) is 1.88. The van der Waals surface area contributed by atoms with Crippen molar-refractivity contribution in [3.05, 3.63) is 34.3 Å². The minimum Gasteiger partial charge on any atom is -0.198 e. The highest BCUT2D eigenvalue weighted by molar-refractivity contribution is 9.10. The molecule has 10 heavy (non-hydrogen) atoms. The molecule has 2 heteroatoms. The minimum atomic E-state index is 0.402. The molecule has 0 saturated carbocycles.